The molecule has 3 nitrogen and oxygen atoms in total. The number of carbonyl (C=O) groups excluding carboxylic acids is 1. The third-order valence-electron chi connectivity index (χ3n) is 2.53. The topological polar surface area (TPSA) is 38.3 Å². The quantitative estimate of drug-likeness (QED) is 0.810. The van der Waals surface area contributed by atoms with Crippen molar-refractivity contribution >= 4 is 28.8 Å². The highest BCUT2D eigenvalue weighted by Gasteiger charge is 2.19. The maximum atomic E-state index is 11.8. The minimum atomic E-state index is -0.0547. The molecule has 0 saturated heterocycles. The first-order chi connectivity index (χ1) is 7.98. The van der Waals surface area contributed by atoms with E-state index < -0.39 is 0 Å². The van der Waals surface area contributed by atoms with Gasteiger partial charge < -0.3 is 10.1 Å². The van der Waals surface area contributed by atoms with Crippen LogP contribution in [0.5, 0.6) is 5.75 Å². The number of hydrogen-bond donors (Lipinski definition) is 1. The van der Waals surface area contributed by atoms with Gasteiger partial charge in [-0.05, 0) is 11.8 Å². The van der Waals surface area contributed by atoms with Crippen LogP contribution in [0.15, 0.2) is 11.4 Å². The van der Waals surface area contributed by atoms with Gasteiger partial charge in [-0.15, -0.1) is 22.9 Å². The summed E-state index contributed by atoms with van der Waals surface area (Å²) in [5, 5.41) is 4.74. The van der Waals surface area contributed by atoms with Gasteiger partial charge in [0.15, 0.2) is 0 Å². The first-order valence-electron chi connectivity index (χ1n) is 5.45. The number of hydrogen-bond acceptors (Lipinski definition) is 3. The van der Waals surface area contributed by atoms with Crippen molar-refractivity contribution in [2.75, 3.05) is 19.5 Å². The van der Waals surface area contributed by atoms with Crippen LogP contribution in [0.3, 0.4) is 0 Å². The SMILES string of the molecule is COc1csc(C(=O)NCC(C)(C)CCCl)c1. The Balaban J connectivity index is 2.49. The van der Waals surface area contributed by atoms with Crippen molar-refractivity contribution in [1.82, 2.24) is 5.32 Å². The van der Waals surface area contributed by atoms with Crippen LogP contribution in [0.25, 0.3) is 0 Å². The van der Waals surface area contributed by atoms with E-state index in [0.717, 1.165) is 12.2 Å². The number of amides is 1. The smallest absolute Gasteiger partial charge is 0.261 e. The first-order valence-corrected chi connectivity index (χ1v) is 6.86. The maximum Gasteiger partial charge on any atom is 0.261 e. The number of halogens is 1. The van der Waals surface area contributed by atoms with Crippen molar-refractivity contribution < 1.29 is 9.53 Å². The normalized spacial score (nSPS) is 11.3. The largest absolute Gasteiger partial charge is 0.496 e. The summed E-state index contributed by atoms with van der Waals surface area (Å²) in [6, 6.07) is 1.74. The Kier molecular flexibility index (Phi) is 5.28. The zero-order valence-electron chi connectivity index (χ0n) is 10.4. The standard InChI is InChI=1S/C12H18ClNO2S/c1-12(2,4-5-13)8-14-11(15)10-6-9(16-3)7-17-10/h6-7H,4-5,8H2,1-3H3,(H,14,15). The summed E-state index contributed by atoms with van der Waals surface area (Å²) >= 11 is 7.10. The molecule has 0 aromatic carbocycles. The molecule has 1 heterocycles. The summed E-state index contributed by atoms with van der Waals surface area (Å²) in [6.45, 7) is 4.80. The molecule has 0 atom stereocenters. The molecule has 0 aliphatic rings. The van der Waals surface area contributed by atoms with Gasteiger partial charge in [-0.2, -0.15) is 0 Å². The Bertz CT molecular complexity index is 376. The van der Waals surface area contributed by atoms with Gasteiger partial charge in [-0.25, -0.2) is 0 Å². The molecule has 1 rings (SSSR count). The summed E-state index contributed by atoms with van der Waals surface area (Å²) < 4.78 is 5.04. The molecule has 1 N–H and O–H groups in total. The van der Waals surface area contributed by atoms with E-state index in [1.54, 1.807) is 13.2 Å². The number of nitrogens with one attached hydrogen (secondary N) is 1. The number of carbonyl (C=O) groups is 1. The van der Waals surface area contributed by atoms with Crippen LogP contribution in [0.2, 0.25) is 0 Å². The average Bonchev–Trinajstić information content (AvgIpc) is 2.74. The molecule has 96 valence electrons. The highest BCUT2D eigenvalue weighted by Crippen LogP contribution is 2.22. The fraction of sp³-hybridized carbons (Fsp3) is 0.583. The first kappa shape index (κ1) is 14.3. The van der Waals surface area contributed by atoms with Crippen molar-refractivity contribution in [3.05, 3.63) is 16.3 Å². The summed E-state index contributed by atoms with van der Waals surface area (Å²) in [6.07, 6.45) is 0.878. The lowest BCUT2D eigenvalue weighted by Gasteiger charge is -2.23. The van der Waals surface area contributed by atoms with Crippen LogP contribution in [0, 0.1) is 5.41 Å². The van der Waals surface area contributed by atoms with Gasteiger partial charge in [0.05, 0.1) is 12.0 Å². The van der Waals surface area contributed by atoms with Crippen LogP contribution in [-0.4, -0.2) is 25.4 Å². The Hall–Kier alpha value is -0.740. The monoisotopic (exact) mass is 275 g/mol. The van der Waals surface area contributed by atoms with E-state index >= 15 is 0 Å². The fourth-order valence-corrected chi connectivity index (χ4v) is 2.58. The van der Waals surface area contributed by atoms with Crippen LogP contribution in [-0.2, 0) is 0 Å². The van der Waals surface area contributed by atoms with Gasteiger partial charge in [-0.3, -0.25) is 4.79 Å². The number of ether oxygens (including phenoxy) is 1. The summed E-state index contributed by atoms with van der Waals surface area (Å²) in [5.41, 5.74) is 0.0265. The van der Waals surface area contributed by atoms with E-state index in [1.165, 1.54) is 11.3 Å². The second-order valence-corrected chi connectivity index (χ2v) is 5.93. The molecule has 0 radical (unpaired) electrons. The average molecular weight is 276 g/mol. The maximum absolute atomic E-state index is 11.8. The molecular formula is C12H18ClNO2S. The predicted octanol–water partition coefficient (Wildman–Crippen LogP) is 3.14. The second-order valence-electron chi connectivity index (χ2n) is 4.64. The molecule has 0 unspecified atom stereocenters. The van der Waals surface area contributed by atoms with Crippen LogP contribution >= 0.6 is 22.9 Å². The number of alkyl halides is 1. The molecule has 1 aromatic rings. The summed E-state index contributed by atoms with van der Waals surface area (Å²) in [5.74, 6) is 1.27. The van der Waals surface area contributed by atoms with Crippen molar-refractivity contribution in [2.45, 2.75) is 20.3 Å². The highest BCUT2D eigenvalue weighted by atomic mass is 35.5. The van der Waals surface area contributed by atoms with Crippen molar-refractivity contribution in [1.29, 1.82) is 0 Å². The zero-order valence-corrected chi connectivity index (χ0v) is 12.0. The lowest BCUT2D eigenvalue weighted by molar-refractivity contribution is 0.0939. The lowest BCUT2D eigenvalue weighted by atomic mass is 9.90. The molecule has 0 aliphatic heterocycles. The number of thiophene rings is 1. The highest BCUT2D eigenvalue weighted by molar-refractivity contribution is 7.12. The molecule has 1 aromatic heterocycles. The Morgan fingerprint density at radius 2 is 2.29 bits per heavy atom. The van der Waals surface area contributed by atoms with Gasteiger partial charge in [0.2, 0.25) is 0 Å². The summed E-state index contributed by atoms with van der Waals surface area (Å²) in [4.78, 5) is 12.5. The van der Waals surface area contributed by atoms with E-state index in [9.17, 15) is 4.79 Å². The van der Waals surface area contributed by atoms with Gasteiger partial charge >= 0.3 is 0 Å². The molecule has 5 heteroatoms. The Morgan fingerprint density at radius 3 is 2.82 bits per heavy atom. The number of rotatable bonds is 6. The van der Waals surface area contributed by atoms with E-state index in [4.69, 9.17) is 16.3 Å². The van der Waals surface area contributed by atoms with Gasteiger partial charge in [-0.1, -0.05) is 13.8 Å². The second kappa shape index (κ2) is 6.26. The van der Waals surface area contributed by atoms with Gasteiger partial charge in [0.25, 0.3) is 5.91 Å². The lowest BCUT2D eigenvalue weighted by Crippen LogP contribution is -2.33. The van der Waals surface area contributed by atoms with Crippen molar-refractivity contribution in [2.24, 2.45) is 5.41 Å². The molecule has 0 aliphatic carbocycles. The Labute approximate surface area is 111 Å². The molecule has 1 amide bonds. The van der Waals surface area contributed by atoms with Crippen LogP contribution in [0.4, 0.5) is 0 Å². The minimum Gasteiger partial charge on any atom is -0.496 e. The third-order valence-corrected chi connectivity index (χ3v) is 3.63. The van der Waals surface area contributed by atoms with Gasteiger partial charge in [0, 0.05) is 23.9 Å². The van der Waals surface area contributed by atoms with Gasteiger partial charge in [0.1, 0.15) is 5.75 Å². The van der Waals surface area contributed by atoms with E-state index in [2.05, 4.69) is 19.2 Å². The molecule has 0 spiro atoms. The molecular weight excluding hydrogens is 258 g/mol. The molecule has 0 saturated carbocycles. The van der Waals surface area contributed by atoms with Crippen molar-refractivity contribution in [3.63, 3.8) is 0 Å². The third kappa shape index (κ3) is 4.56. The molecule has 0 bridgehead atoms. The number of methoxy groups -OCH3 is 1. The fourth-order valence-electron chi connectivity index (χ4n) is 1.30. The van der Waals surface area contributed by atoms with Crippen molar-refractivity contribution in [3.8, 4) is 5.75 Å². The minimum absolute atomic E-state index is 0.0265. The van der Waals surface area contributed by atoms with E-state index in [1.807, 2.05) is 5.38 Å². The Morgan fingerprint density at radius 1 is 1.59 bits per heavy atom. The predicted molar refractivity (Wildman–Crippen MR) is 72.3 cm³/mol. The molecule has 0 fully saturated rings. The zero-order chi connectivity index (χ0) is 12.9. The van der Waals surface area contributed by atoms with E-state index in [0.29, 0.717) is 17.3 Å². The van der Waals surface area contributed by atoms with Crippen LogP contribution < -0.4 is 10.1 Å². The molecule has 17 heavy (non-hydrogen) atoms. The van der Waals surface area contributed by atoms with E-state index in [-0.39, 0.29) is 11.3 Å². The summed E-state index contributed by atoms with van der Waals surface area (Å²) in [7, 11) is 1.59. The van der Waals surface area contributed by atoms with Crippen LogP contribution in [0.1, 0.15) is 29.9 Å².